The average molecular weight is 316 g/mol. The predicted molar refractivity (Wildman–Crippen MR) is 85.7 cm³/mol. The maximum atomic E-state index is 9.23. The molecule has 0 unspecified atom stereocenters. The number of benzene rings is 1. The molecule has 0 aliphatic carbocycles. The summed E-state index contributed by atoms with van der Waals surface area (Å²) in [5.41, 5.74) is 0.0794. The Morgan fingerprint density at radius 3 is 1.36 bits per heavy atom. The highest BCUT2D eigenvalue weighted by atomic mass is 32.1. The Bertz CT molecular complexity index is 1030. The lowest BCUT2D eigenvalue weighted by Crippen LogP contribution is -2.15. The third-order valence-electron chi connectivity index (χ3n) is 3.27. The first-order valence-corrected chi connectivity index (χ1v) is 7.78. The molecule has 0 N–H and O–H groups in total. The van der Waals surface area contributed by atoms with Gasteiger partial charge in [0, 0.05) is 30.6 Å². The zero-order valence-corrected chi connectivity index (χ0v) is 12.5. The number of rotatable bonds is 0. The maximum absolute atomic E-state index is 9.23. The molecule has 0 bridgehead atoms. The Morgan fingerprint density at radius 1 is 0.682 bits per heavy atom. The summed E-state index contributed by atoms with van der Waals surface area (Å²) < 4.78 is 1.50. The summed E-state index contributed by atoms with van der Waals surface area (Å²) in [7, 11) is 0. The molecule has 3 rings (SSSR count). The standard InChI is InChI=1S/C16H4N4S2/c17-5-9(6-18)13-11-1-3-21-15(11)14(10(7-19)8-20)12-2-4-22-16(12)13/h1-4H. The topological polar surface area (TPSA) is 95.2 Å². The molecule has 6 heteroatoms. The van der Waals surface area contributed by atoms with Crippen LogP contribution in [0.5, 0.6) is 0 Å². The molecule has 0 spiro atoms. The summed E-state index contributed by atoms with van der Waals surface area (Å²) >= 11 is 2.79. The minimum Gasteiger partial charge on any atom is -0.192 e. The van der Waals surface area contributed by atoms with Crippen molar-refractivity contribution in [2.24, 2.45) is 0 Å². The minimum atomic E-state index is 0.0397. The van der Waals surface area contributed by atoms with Gasteiger partial charge in [-0.2, -0.15) is 21.0 Å². The molecule has 3 aromatic rings. The van der Waals surface area contributed by atoms with Crippen molar-refractivity contribution in [2.75, 3.05) is 0 Å². The number of fused-ring (bicyclic) bond motifs is 2. The lowest BCUT2D eigenvalue weighted by atomic mass is 10.0. The van der Waals surface area contributed by atoms with Gasteiger partial charge in [0.15, 0.2) is 0 Å². The number of hydrogen-bond acceptors (Lipinski definition) is 6. The predicted octanol–water partition coefficient (Wildman–Crippen LogP) is 2.51. The van der Waals surface area contributed by atoms with E-state index in [1.54, 1.807) is 0 Å². The lowest BCUT2D eigenvalue weighted by Gasteiger charge is -1.99. The first kappa shape index (κ1) is 13.8. The smallest absolute Gasteiger partial charge is 0.138 e. The summed E-state index contributed by atoms with van der Waals surface area (Å²) in [5, 5.41) is 43.2. The second kappa shape index (κ2) is 5.32. The Morgan fingerprint density at radius 2 is 1.05 bits per heavy atom. The second-order valence-corrected chi connectivity index (χ2v) is 6.11. The van der Waals surface area contributed by atoms with Crippen LogP contribution in [0.3, 0.4) is 0 Å². The second-order valence-electron chi connectivity index (χ2n) is 4.27. The van der Waals surface area contributed by atoms with E-state index in [0.29, 0.717) is 10.4 Å². The van der Waals surface area contributed by atoms with Crippen molar-refractivity contribution in [1.29, 1.82) is 21.0 Å². The van der Waals surface area contributed by atoms with Crippen LogP contribution in [-0.2, 0) is 0 Å². The molecule has 0 radical (unpaired) electrons. The van der Waals surface area contributed by atoms with Crippen LogP contribution >= 0.6 is 22.7 Å². The van der Waals surface area contributed by atoms with Crippen molar-refractivity contribution in [3.05, 3.63) is 33.3 Å². The van der Waals surface area contributed by atoms with E-state index in [2.05, 4.69) is 0 Å². The molecule has 100 valence electrons. The highest BCUT2D eigenvalue weighted by Crippen LogP contribution is 2.23. The van der Waals surface area contributed by atoms with Crippen molar-refractivity contribution in [1.82, 2.24) is 0 Å². The summed E-state index contributed by atoms with van der Waals surface area (Å²) in [5.74, 6) is 0. The van der Waals surface area contributed by atoms with Crippen molar-refractivity contribution in [3.63, 3.8) is 0 Å². The normalized spacial score (nSPS) is 9.64. The molecule has 1 aromatic carbocycles. The van der Waals surface area contributed by atoms with Crippen LogP contribution in [0.1, 0.15) is 0 Å². The fourth-order valence-electron chi connectivity index (χ4n) is 2.41. The van der Waals surface area contributed by atoms with E-state index in [0.717, 1.165) is 20.2 Å². The quantitative estimate of drug-likeness (QED) is 0.636. The number of hydrogen-bond donors (Lipinski definition) is 0. The third kappa shape index (κ3) is 1.77. The molecule has 0 aliphatic heterocycles. The van der Waals surface area contributed by atoms with Gasteiger partial charge >= 0.3 is 0 Å². The maximum Gasteiger partial charge on any atom is 0.138 e. The summed E-state index contributed by atoms with van der Waals surface area (Å²) in [6, 6.07) is 11.4. The fraction of sp³-hybridized carbons (Fsp3) is 0. The van der Waals surface area contributed by atoms with Crippen LogP contribution in [0.25, 0.3) is 31.3 Å². The molecule has 0 atom stereocenters. The molecule has 0 amide bonds. The van der Waals surface area contributed by atoms with Gasteiger partial charge in [-0.05, 0) is 22.9 Å². The molecule has 0 saturated carbocycles. The molecular formula is C16H4N4S2. The van der Waals surface area contributed by atoms with Crippen LogP contribution in [0.2, 0.25) is 0 Å². The molecule has 0 aliphatic rings. The van der Waals surface area contributed by atoms with Crippen molar-refractivity contribution in [3.8, 4) is 24.3 Å². The van der Waals surface area contributed by atoms with E-state index < -0.39 is 0 Å². The Balaban J connectivity index is 2.89. The van der Waals surface area contributed by atoms with Gasteiger partial charge in [0.25, 0.3) is 0 Å². The Labute approximate surface area is 132 Å². The van der Waals surface area contributed by atoms with E-state index >= 15 is 0 Å². The largest absolute Gasteiger partial charge is 0.192 e. The highest BCUT2D eigenvalue weighted by Gasteiger charge is 2.14. The van der Waals surface area contributed by atoms with Gasteiger partial charge in [0.2, 0.25) is 0 Å². The minimum absolute atomic E-state index is 0.0397. The van der Waals surface area contributed by atoms with E-state index in [-0.39, 0.29) is 11.1 Å². The fourth-order valence-corrected chi connectivity index (χ4v) is 4.35. The molecule has 2 heterocycles. The van der Waals surface area contributed by atoms with Crippen LogP contribution in [0.4, 0.5) is 0 Å². The average Bonchev–Trinajstić information content (AvgIpc) is 3.19. The zero-order chi connectivity index (χ0) is 15.7. The van der Waals surface area contributed by atoms with E-state index in [1.807, 2.05) is 47.2 Å². The summed E-state index contributed by atoms with van der Waals surface area (Å²) in [4.78, 5) is 0. The van der Waals surface area contributed by atoms with Crippen LogP contribution < -0.4 is 10.4 Å². The highest BCUT2D eigenvalue weighted by molar-refractivity contribution is 7.18. The Hall–Kier alpha value is -3.16. The van der Waals surface area contributed by atoms with Gasteiger partial charge in [0.05, 0.1) is 0 Å². The van der Waals surface area contributed by atoms with Crippen molar-refractivity contribution in [2.45, 2.75) is 0 Å². The molecule has 0 fully saturated rings. The SMILES string of the molecule is N#CC(C#N)=c1c2ccsc2c(=C(C#N)C#N)c2ccsc12. The van der Waals surface area contributed by atoms with Crippen LogP contribution in [-0.4, -0.2) is 0 Å². The molecule has 22 heavy (non-hydrogen) atoms. The van der Waals surface area contributed by atoms with Gasteiger partial charge in [0.1, 0.15) is 35.4 Å². The van der Waals surface area contributed by atoms with E-state index in [9.17, 15) is 21.0 Å². The van der Waals surface area contributed by atoms with Crippen LogP contribution in [0, 0.1) is 45.3 Å². The van der Waals surface area contributed by atoms with Gasteiger partial charge in [-0.1, -0.05) is 0 Å². The van der Waals surface area contributed by atoms with Gasteiger partial charge in [-0.3, -0.25) is 0 Å². The molecule has 0 saturated heterocycles. The summed E-state index contributed by atoms with van der Waals surface area (Å²) in [6.07, 6.45) is 0. The molecule has 2 aromatic heterocycles. The van der Waals surface area contributed by atoms with Crippen molar-refractivity contribution < 1.29 is 0 Å². The van der Waals surface area contributed by atoms with E-state index in [1.165, 1.54) is 22.7 Å². The first-order valence-electron chi connectivity index (χ1n) is 6.02. The Kier molecular flexibility index (Phi) is 3.34. The summed E-state index contributed by atoms with van der Waals surface area (Å²) in [6.45, 7) is 0. The number of thiophene rings is 2. The number of nitrogens with zero attached hydrogens (tertiary/aromatic N) is 4. The number of nitriles is 4. The molecule has 4 nitrogen and oxygen atoms in total. The monoisotopic (exact) mass is 316 g/mol. The lowest BCUT2D eigenvalue weighted by molar-refractivity contribution is 1.50. The third-order valence-corrected chi connectivity index (χ3v) is 5.13. The van der Waals surface area contributed by atoms with E-state index in [4.69, 9.17) is 0 Å². The first-order chi connectivity index (χ1) is 10.8. The molecular weight excluding hydrogens is 312 g/mol. The van der Waals surface area contributed by atoms with Gasteiger partial charge in [-0.15, -0.1) is 22.7 Å². The van der Waals surface area contributed by atoms with Gasteiger partial charge < -0.3 is 0 Å². The van der Waals surface area contributed by atoms with Crippen LogP contribution in [0.15, 0.2) is 22.9 Å². The van der Waals surface area contributed by atoms with Gasteiger partial charge in [-0.25, -0.2) is 0 Å². The van der Waals surface area contributed by atoms with Crippen molar-refractivity contribution >= 4 is 54.0 Å². The zero-order valence-electron chi connectivity index (χ0n) is 10.9.